The van der Waals surface area contributed by atoms with E-state index in [4.69, 9.17) is 9.47 Å². The highest BCUT2D eigenvalue weighted by Crippen LogP contribution is 2.16. The van der Waals surface area contributed by atoms with Crippen molar-refractivity contribution in [1.82, 2.24) is 4.31 Å². The molecule has 6 nitrogen and oxygen atoms in total. The van der Waals surface area contributed by atoms with Gasteiger partial charge in [0, 0.05) is 7.05 Å². The fourth-order valence-electron chi connectivity index (χ4n) is 2.07. The molecule has 0 spiro atoms. The molecule has 2 aromatic carbocycles. The molecule has 140 valence electrons. The summed E-state index contributed by atoms with van der Waals surface area (Å²) < 4.78 is 49.1. The van der Waals surface area contributed by atoms with Gasteiger partial charge in [-0.25, -0.2) is 12.8 Å². The lowest BCUT2D eigenvalue weighted by Crippen LogP contribution is -2.33. The number of aryl methyl sites for hydroxylation is 1. The summed E-state index contributed by atoms with van der Waals surface area (Å²) in [4.78, 5) is 11.9. The lowest BCUT2D eigenvalue weighted by Gasteiger charge is -2.16. The van der Waals surface area contributed by atoms with E-state index in [1.807, 2.05) is 6.92 Å². The van der Waals surface area contributed by atoms with Crippen LogP contribution >= 0.6 is 0 Å². The van der Waals surface area contributed by atoms with E-state index in [1.54, 1.807) is 18.2 Å². The van der Waals surface area contributed by atoms with Crippen LogP contribution in [0.4, 0.5) is 4.39 Å². The number of likely N-dealkylation sites (N-methyl/N-ethyl adjacent to an activating group) is 1. The molecule has 0 aliphatic heterocycles. The van der Waals surface area contributed by atoms with Gasteiger partial charge in [0.1, 0.15) is 19.8 Å². The van der Waals surface area contributed by atoms with Crippen LogP contribution in [-0.2, 0) is 19.6 Å². The molecular formula is C18H20FNO5S. The quantitative estimate of drug-likeness (QED) is 0.519. The third-order valence-electron chi connectivity index (χ3n) is 3.52. The molecule has 8 heteroatoms. The Morgan fingerprint density at radius 2 is 1.73 bits per heavy atom. The number of carbonyl (C=O) groups is 1. The molecular weight excluding hydrogens is 361 g/mol. The zero-order chi connectivity index (χ0) is 19.2. The first-order chi connectivity index (χ1) is 12.3. The Morgan fingerprint density at radius 3 is 2.38 bits per heavy atom. The van der Waals surface area contributed by atoms with Crippen molar-refractivity contribution >= 4 is 16.0 Å². The maximum Gasteiger partial charge on any atom is 0.321 e. The third-order valence-corrected chi connectivity index (χ3v) is 5.34. The number of hydrogen-bond acceptors (Lipinski definition) is 5. The van der Waals surface area contributed by atoms with E-state index < -0.39 is 28.4 Å². The summed E-state index contributed by atoms with van der Waals surface area (Å²) in [5.74, 6) is -1.18. The van der Waals surface area contributed by atoms with Crippen molar-refractivity contribution in [3.63, 3.8) is 0 Å². The van der Waals surface area contributed by atoms with Crippen LogP contribution in [0.2, 0.25) is 0 Å². The van der Waals surface area contributed by atoms with Crippen molar-refractivity contribution in [2.45, 2.75) is 11.8 Å². The van der Waals surface area contributed by atoms with Crippen LogP contribution in [-0.4, -0.2) is 45.5 Å². The number of sulfonamides is 1. The number of benzene rings is 2. The zero-order valence-electron chi connectivity index (χ0n) is 14.5. The highest BCUT2D eigenvalue weighted by atomic mass is 32.2. The van der Waals surface area contributed by atoms with Crippen LogP contribution in [0.3, 0.4) is 0 Å². The molecule has 26 heavy (non-hydrogen) atoms. The van der Waals surface area contributed by atoms with Crippen molar-refractivity contribution in [2.24, 2.45) is 0 Å². The van der Waals surface area contributed by atoms with Crippen molar-refractivity contribution in [3.05, 3.63) is 59.9 Å². The van der Waals surface area contributed by atoms with Gasteiger partial charge in [-0.2, -0.15) is 4.31 Å². The van der Waals surface area contributed by atoms with E-state index in [0.29, 0.717) is 0 Å². The Kier molecular flexibility index (Phi) is 6.70. The summed E-state index contributed by atoms with van der Waals surface area (Å²) in [5, 5.41) is 0. The van der Waals surface area contributed by atoms with Crippen LogP contribution in [0.1, 0.15) is 5.56 Å². The van der Waals surface area contributed by atoms with Crippen molar-refractivity contribution in [3.8, 4) is 5.75 Å². The molecule has 0 saturated heterocycles. The third kappa shape index (κ3) is 5.27. The van der Waals surface area contributed by atoms with Crippen LogP contribution in [0.15, 0.2) is 53.4 Å². The molecule has 0 unspecified atom stereocenters. The van der Waals surface area contributed by atoms with Crippen LogP contribution in [0.25, 0.3) is 0 Å². The maximum absolute atomic E-state index is 13.4. The Balaban J connectivity index is 1.81. The molecule has 0 aliphatic carbocycles. The minimum atomic E-state index is -3.78. The second-order valence-corrected chi connectivity index (χ2v) is 7.62. The van der Waals surface area contributed by atoms with Gasteiger partial charge in [-0.05, 0) is 31.2 Å². The minimum absolute atomic E-state index is 0.0406. The van der Waals surface area contributed by atoms with Gasteiger partial charge in [-0.1, -0.05) is 29.8 Å². The Bertz CT molecular complexity index is 852. The number of rotatable bonds is 8. The first kappa shape index (κ1) is 19.9. The van der Waals surface area contributed by atoms with E-state index in [2.05, 4.69) is 0 Å². The summed E-state index contributed by atoms with van der Waals surface area (Å²) in [6.45, 7) is 1.25. The molecule has 0 saturated carbocycles. The lowest BCUT2D eigenvalue weighted by atomic mass is 10.2. The topological polar surface area (TPSA) is 72.9 Å². The number of halogens is 1. The summed E-state index contributed by atoms with van der Waals surface area (Å²) >= 11 is 0. The normalized spacial score (nSPS) is 11.4. The number of nitrogens with zero attached hydrogens (tertiary/aromatic N) is 1. The fraction of sp³-hybridized carbons (Fsp3) is 0.278. The molecule has 2 aromatic rings. The number of hydrogen-bond donors (Lipinski definition) is 0. The van der Waals surface area contributed by atoms with E-state index in [1.165, 1.54) is 37.4 Å². The predicted octanol–water partition coefficient (Wildman–Crippen LogP) is 2.38. The molecule has 0 aromatic heterocycles. The van der Waals surface area contributed by atoms with Gasteiger partial charge in [-0.3, -0.25) is 4.79 Å². The van der Waals surface area contributed by atoms with Gasteiger partial charge in [0.15, 0.2) is 11.6 Å². The van der Waals surface area contributed by atoms with Gasteiger partial charge >= 0.3 is 5.97 Å². The largest absolute Gasteiger partial charge is 0.487 e. The van der Waals surface area contributed by atoms with E-state index in [9.17, 15) is 17.6 Å². The van der Waals surface area contributed by atoms with Gasteiger partial charge < -0.3 is 9.47 Å². The molecule has 0 atom stereocenters. The smallest absolute Gasteiger partial charge is 0.321 e. The van der Waals surface area contributed by atoms with Crippen molar-refractivity contribution < 1.29 is 27.1 Å². The highest BCUT2D eigenvalue weighted by Gasteiger charge is 2.23. The first-order valence-electron chi connectivity index (χ1n) is 7.86. The van der Waals surface area contributed by atoms with Crippen molar-refractivity contribution in [1.29, 1.82) is 0 Å². The predicted molar refractivity (Wildman–Crippen MR) is 93.8 cm³/mol. The first-order valence-corrected chi connectivity index (χ1v) is 9.30. The SMILES string of the molecule is Cc1ccc(S(=O)(=O)N(C)CC(=O)OCCOc2ccccc2F)cc1. The van der Waals surface area contributed by atoms with Crippen LogP contribution in [0.5, 0.6) is 5.75 Å². The summed E-state index contributed by atoms with van der Waals surface area (Å²) in [6.07, 6.45) is 0. The Morgan fingerprint density at radius 1 is 1.08 bits per heavy atom. The average Bonchev–Trinajstić information content (AvgIpc) is 2.60. The number of esters is 1. The van der Waals surface area contributed by atoms with Gasteiger partial charge in [0.05, 0.1) is 4.90 Å². The minimum Gasteiger partial charge on any atom is -0.487 e. The standard InChI is InChI=1S/C18H20FNO5S/c1-14-7-9-15(10-8-14)26(22,23)20(2)13-18(21)25-12-11-24-17-6-4-3-5-16(17)19/h3-10H,11-13H2,1-2H3. The molecule has 2 rings (SSSR count). The van der Waals surface area contributed by atoms with Gasteiger partial charge in [0.2, 0.25) is 10.0 Å². The molecule has 0 heterocycles. The van der Waals surface area contributed by atoms with Crippen LogP contribution < -0.4 is 4.74 Å². The van der Waals surface area contributed by atoms with E-state index >= 15 is 0 Å². The number of para-hydroxylation sites is 1. The lowest BCUT2D eigenvalue weighted by molar-refractivity contribution is -0.144. The fourth-order valence-corrected chi connectivity index (χ4v) is 3.19. The summed E-state index contributed by atoms with van der Waals surface area (Å²) in [5.41, 5.74) is 0.931. The number of ether oxygens (including phenoxy) is 2. The number of carbonyl (C=O) groups excluding carboxylic acids is 1. The van der Waals surface area contributed by atoms with E-state index in [-0.39, 0.29) is 23.9 Å². The molecule has 0 bridgehead atoms. The summed E-state index contributed by atoms with van der Waals surface area (Å²) in [6, 6.07) is 12.2. The van der Waals surface area contributed by atoms with Gasteiger partial charge in [0.25, 0.3) is 0 Å². The Hall–Kier alpha value is -2.45. The monoisotopic (exact) mass is 381 g/mol. The zero-order valence-corrected chi connectivity index (χ0v) is 15.3. The molecule has 0 fully saturated rings. The van der Waals surface area contributed by atoms with Crippen LogP contribution in [0, 0.1) is 12.7 Å². The molecule has 0 amide bonds. The maximum atomic E-state index is 13.4. The van der Waals surface area contributed by atoms with Crippen molar-refractivity contribution in [2.75, 3.05) is 26.8 Å². The average molecular weight is 381 g/mol. The van der Waals surface area contributed by atoms with Gasteiger partial charge in [-0.15, -0.1) is 0 Å². The molecule has 0 N–H and O–H groups in total. The van der Waals surface area contributed by atoms with E-state index in [0.717, 1.165) is 9.87 Å². The Labute approximate surface area is 152 Å². The summed E-state index contributed by atoms with van der Waals surface area (Å²) in [7, 11) is -2.48. The second-order valence-electron chi connectivity index (χ2n) is 5.57. The molecule has 0 aliphatic rings. The highest BCUT2D eigenvalue weighted by molar-refractivity contribution is 7.89. The molecule has 0 radical (unpaired) electrons. The second kappa shape index (κ2) is 8.77.